The van der Waals surface area contributed by atoms with Crippen molar-refractivity contribution < 1.29 is 9.18 Å². The molecule has 0 unspecified atom stereocenters. The lowest BCUT2D eigenvalue weighted by molar-refractivity contribution is -0.115. The number of aliphatic imine (C=N–C) groups is 1. The van der Waals surface area contributed by atoms with Crippen molar-refractivity contribution in [2.45, 2.75) is 26.7 Å². The molecule has 0 atom stereocenters. The second-order valence-electron chi connectivity index (χ2n) is 5.99. The van der Waals surface area contributed by atoms with E-state index in [4.69, 9.17) is 0 Å². The molecule has 24 heavy (non-hydrogen) atoms. The Hall–Kier alpha value is -2.75. The lowest BCUT2D eigenvalue weighted by Crippen LogP contribution is -2.24. The van der Waals surface area contributed by atoms with E-state index in [1.54, 1.807) is 24.3 Å². The maximum Gasteiger partial charge on any atom is 0.275 e. The van der Waals surface area contributed by atoms with Gasteiger partial charge in [-0.3, -0.25) is 4.79 Å². The standard InChI is InChI=1S/C20H19FN2O/c1-13-7-8-14(2)16(11-13)12-18-20(24)23-19(22-18)10-9-15-5-3-4-6-17(15)21/h3-8,11-12H,9-10H2,1-2H3,(H,22,23,24)/b18-12+. The minimum absolute atomic E-state index is 0.209. The third-order valence-electron chi connectivity index (χ3n) is 4.06. The highest BCUT2D eigenvalue weighted by molar-refractivity contribution is 6.14. The third kappa shape index (κ3) is 3.59. The van der Waals surface area contributed by atoms with Crippen molar-refractivity contribution in [3.63, 3.8) is 0 Å². The Morgan fingerprint density at radius 1 is 1.12 bits per heavy atom. The number of carbonyl (C=O) groups excluding carboxylic acids is 1. The molecule has 0 aromatic heterocycles. The van der Waals surface area contributed by atoms with Crippen molar-refractivity contribution in [3.05, 3.63) is 76.2 Å². The zero-order valence-electron chi connectivity index (χ0n) is 13.8. The second kappa shape index (κ2) is 6.79. The van der Waals surface area contributed by atoms with E-state index >= 15 is 0 Å². The predicted octanol–water partition coefficient (Wildman–Crippen LogP) is 3.94. The van der Waals surface area contributed by atoms with E-state index in [9.17, 15) is 9.18 Å². The van der Waals surface area contributed by atoms with Gasteiger partial charge >= 0.3 is 0 Å². The van der Waals surface area contributed by atoms with Crippen LogP contribution in [0.25, 0.3) is 6.08 Å². The fourth-order valence-electron chi connectivity index (χ4n) is 2.65. The summed E-state index contributed by atoms with van der Waals surface area (Å²) in [7, 11) is 0. The first-order valence-electron chi connectivity index (χ1n) is 7.94. The molecule has 1 aliphatic heterocycles. The van der Waals surface area contributed by atoms with Gasteiger partial charge in [-0.1, -0.05) is 42.0 Å². The summed E-state index contributed by atoms with van der Waals surface area (Å²) in [6, 6.07) is 12.8. The van der Waals surface area contributed by atoms with E-state index in [0.717, 1.165) is 16.7 Å². The quantitative estimate of drug-likeness (QED) is 0.851. The first kappa shape index (κ1) is 16.1. The zero-order valence-corrected chi connectivity index (χ0v) is 13.8. The molecule has 0 saturated carbocycles. The number of nitrogens with zero attached hydrogens (tertiary/aromatic N) is 1. The Morgan fingerprint density at radius 3 is 2.71 bits per heavy atom. The molecule has 2 aromatic rings. The number of rotatable bonds is 4. The summed E-state index contributed by atoms with van der Waals surface area (Å²) < 4.78 is 13.6. The SMILES string of the molecule is Cc1ccc(C)c(/C=C2/N=C(CCc3ccccc3F)NC2=O)c1. The minimum Gasteiger partial charge on any atom is -0.309 e. The molecule has 122 valence electrons. The molecule has 0 aliphatic carbocycles. The van der Waals surface area contributed by atoms with Gasteiger partial charge in [-0.15, -0.1) is 0 Å². The highest BCUT2D eigenvalue weighted by Crippen LogP contribution is 2.18. The molecule has 1 N–H and O–H groups in total. The summed E-state index contributed by atoms with van der Waals surface area (Å²) in [6.07, 6.45) is 2.80. The number of halogens is 1. The number of amidine groups is 1. The molecule has 3 nitrogen and oxygen atoms in total. The third-order valence-corrected chi connectivity index (χ3v) is 4.06. The van der Waals surface area contributed by atoms with Gasteiger partial charge in [-0.2, -0.15) is 0 Å². The molecule has 0 bridgehead atoms. The fourth-order valence-corrected chi connectivity index (χ4v) is 2.65. The zero-order chi connectivity index (χ0) is 17.1. The fraction of sp³-hybridized carbons (Fsp3) is 0.200. The highest BCUT2D eigenvalue weighted by atomic mass is 19.1. The van der Waals surface area contributed by atoms with E-state index in [1.165, 1.54) is 6.07 Å². The first-order chi connectivity index (χ1) is 11.5. The number of aryl methyl sites for hydroxylation is 3. The number of benzene rings is 2. The van der Waals surface area contributed by atoms with Crippen LogP contribution in [-0.2, 0) is 11.2 Å². The molecule has 1 heterocycles. The van der Waals surface area contributed by atoms with Gasteiger partial charge < -0.3 is 5.32 Å². The van der Waals surface area contributed by atoms with Gasteiger partial charge in [0.15, 0.2) is 0 Å². The topological polar surface area (TPSA) is 41.5 Å². The molecule has 1 amide bonds. The number of hydrogen-bond donors (Lipinski definition) is 1. The van der Waals surface area contributed by atoms with E-state index in [-0.39, 0.29) is 11.7 Å². The van der Waals surface area contributed by atoms with Crippen LogP contribution in [0.1, 0.15) is 28.7 Å². The summed E-state index contributed by atoms with van der Waals surface area (Å²) in [6.45, 7) is 4.01. The van der Waals surface area contributed by atoms with Crippen LogP contribution in [0, 0.1) is 19.7 Å². The summed E-state index contributed by atoms with van der Waals surface area (Å²) in [5.74, 6) is 0.146. The van der Waals surface area contributed by atoms with Gasteiger partial charge in [0.2, 0.25) is 0 Å². The maximum absolute atomic E-state index is 13.6. The smallest absolute Gasteiger partial charge is 0.275 e. The lowest BCUT2D eigenvalue weighted by Gasteiger charge is -2.02. The van der Waals surface area contributed by atoms with E-state index in [2.05, 4.69) is 10.3 Å². The first-order valence-corrected chi connectivity index (χ1v) is 7.94. The molecule has 0 fully saturated rings. The molecule has 0 spiro atoms. The summed E-state index contributed by atoms with van der Waals surface area (Å²) in [5, 5.41) is 2.77. The summed E-state index contributed by atoms with van der Waals surface area (Å²) >= 11 is 0. The van der Waals surface area contributed by atoms with Crippen molar-refractivity contribution in [1.29, 1.82) is 0 Å². The van der Waals surface area contributed by atoms with Crippen molar-refractivity contribution in [2.75, 3.05) is 0 Å². The molecule has 1 aliphatic rings. The summed E-state index contributed by atoms with van der Waals surface area (Å²) in [5.41, 5.74) is 4.23. The Labute approximate surface area is 140 Å². The van der Waals surface area contributed by atoms with Gasteiger partial charge in [-0.25, -0.2) is 9.38 Å². The van der Waals surface area contributed by atoms with Gasteiger partial charge in [0.25, 0.3) is 5.91 Å². The second-order valence-corrected chi connectivity index (χ2v) is 5.99. The van der Waals surface area contributed by atoms with Crippen LogP contribution in [0.15, 0.2) is 53.2 Å². The molecular weight excluding hydrogens is 303 g/mol. The maximum atomic E-state index is 13.6. The molecule has 4 heteroatoms. The van der Waals surface area contributed by atoms with E-state index in [0.29, 0.717) is 29.9 Å². The van der Waals surface area contributed by atoms with Crippen molar-refractivity contribution in [1.82, 2.24) is 5.32 Å². The number of hydrogen-bond acceptors (Lipinski definition) is 2. The average molecular weight is 322 g/mol. The monoisotopic (exact) mass is 322 g/mol. The van der Waals surface area contributed by atoms with Gasteiger partial charge in [0, 0.05) is 6.42 Å². The number of carbonyl (C=O) groups is 1. The van der Waals surface area contributed by atoms with Gasteiger partial charge in [0.1, 0.15) is 17.3 Å². The van der Waals surface area contributed by atoms with E-state index in [1.807, 2.05) is 32.0 Å². The minimum atomic E-state index is -0.228. The van der Waals surface area contributed by atoms with Crippen molar-refractivity contribution in [2.24, 2.45) is 4.99 Å². The molecular formula is C20H19FN2O. The Morgan fingerprint density at radius 2 is 1.92 bits per heavy atom. The molecule has 0 radical (unpaired) electrons. The summed E-state index contributed by atoms with van der Waals surface area (Å²) in [4.78, 5) is 16.5. The van der Waals surface area contributed by atoms with Gasteiger partial charge in [-0.05, 0) is 49.1 Å². The van der Waals surface area contributed by atoms with Crippen molar-refractivity contribution >= 4 is 17.8 Å². The molecule has 2 aromatic carbocycles. The van der Waals surface area contributed by atoms with Gasteiger partial charge in [0.05, 0.1) is 0 Å². The van der Waals surface area contributed by atoms with E-state index < -0.39 is 0 Å². The molecule has 3 rings (SSSR count). The van der Waals surface area contributed by atoms with Crippen LogP contribution >= 0.6 is 0 Å². The number of amides is 1. The molecule has 0 saturated heterocycles. The number of nitrogens with one attached hydrogen (secondary N) is 1. The largest absolute Gasteiger partial charge is 0.309 e. The van der Waals surface area contributed by atoms with Crippen LogP contribution in [-0.4, -0.2) is 11.7 Å². The Balaban J connectivity index is 1.77. The lowest BCUT2D eigenvalue weighted by atomic mass is 10.0. The van der Waals surface area contributed by atoms with Crippen molar-refractivity contribution in [3.8, 4) is 0 Å². The normalized spacial score (nSPS) is 15.5. The average Bonchev–Trinajstić information content (AvgIpc) is 2.90. The van der Waals surface area contributed by atoms with Crippen LogP contribution < -0.4 is 5.32 Å². The highest BCUT2D eigenvalue weighted by Gasteiger charge is 2.20. The van der Waals surface area contributed by atoms with Crippen LogP contribution in [0.4, 0.5) is 4.39 Å². The predicted molar refractivity (Wildman–Crippen MR) is 94.2 cm³/mol. The van der Waals surface area contributed by atoms with Crippen LogP contribution in [0.3, 0.4) is 0 Å². The van der Waals surface area contributed by atoms with Crippen LogP contribution in [0.2, 0.25) is 0 Å². The Bertz CT molecular complexity index is 852. The van der Waals surface area contributed by atoms with Crippen LogP contribution in [0.5, 0.6) is 0 Å². The Kier molecular flexibility index (Phi) is 4.56.